The summed E-state index contributed by atoms with van der Waals surface area (Å²) in [5.74, 6) is -0.536. The highest BCUT2D eigenvalue weighted by Gasteiger charge is 2.48. The van der Waals surface area contributed by atoms with Crippen LogP contribution in [0.15, 0.2) is 35.9 Å². The van der Waals surface area contributed by atoms with Crippen LogP contribution in [0.3, 0.4) is 0 Å². The molecular weight excluding hydrogens is 347 g/mol. The molecular formula is C16H17Cl3O3. The lowest BCUT2D eigenvalue weighted by molar-refractivity contribution is -0.227. The summed E-state index contributed by atoms with van der Waals surface area (Å²) in [6, 6.07) is 9.25. The number of cyclic esters (lactones) is 1. The van der Waals surface area contributed by atoms with Gasteiger partial charge in [0.2, 0.25) is 10.1 Å². The highest BCUT2D eigenvalue weighted by molar-refractivity contribution is 6.68. The number of hydrogen-bond donors (Lipinski definition) is 0. The largest absolute Gasteiger partial charge is 0.432 e. The average Bonchev–Trinajstić information content (AvgIpc) is 2.39. The summed E-state index contributed by atoms with van der Waals surface area (Å²) in [5.41, 5.74) is 0.556. The van der Waals surface area contributed by atoms with Crippen LogP contribution in [0.2, 0.25) is 0 Å². The normalized spacial score (nSPS) is 25.2. The Morgan fingerprint density at radius 2 is 1.68 bits per heavy atom. The lowest BCUT2D eigenvalue weighted by Crippen LogP contribution is -2.48. The minimum atomic E-state index is -1.77. The van der Waals surface area contributed by atoms with Crippen molar-refractivity contribution in [1.82, 2.24) is 0 Å². The van der Waals surface area contributed by atoms with Gasteiger partial charge in [-0.05, 0) is 11.6 Å². The van der Waals surface area contributed by atoms with Crippen molar-refractivity contribution in [3.05, 3.63) is 41.5 Å². The van der Waals surface area contributed by atoms with Gasteiger partial charge in [0.15, 0.2) is 0 Å². The zero-order valence-electron chi connectivity index (χ0n) is 12.5. The number of carbonyl (C=O) groups is 1. The summed E-state index contributed by atoms with van der Waals surface area (Å²) in [6.45, 7) is 5.64. The van der Waals surface area contributed by atoms with Crippen LogP contribution in [0.5, 0.6) is 0 Å². The van der Waals surface area contributed by atoms with Crippen LogP contribution in [0.25, 0.3) is 6.08 Å². The van der Waals surface area contributed by atoms with E-state index in [2.05, 4.69) is 0 Å². The molecule has 1 aliphatic heterocycles. The number of hydrogen-bond acceptors (Lipinski definition) is 3. The van der Waals surface area contributed by atoms with Crippen LogP contribution < -0.4 is 0 Å². The van der Waals surface area contributed by atoms with Crippen LogP contribution in [-0.4, -0.2) is 22.2 Å². The first-order chi connectivity index (χ1) is 10.1. The van der Waals surface area contributed by atoms with Crippen molar-refractivity contribution < 1.29 is 14.3 Å². The van der Waals surface area contributed by atoms with E-state index in [1.165, 1.54) is 0 Å². The van der Waals surface area contributed by atoms with Crippen molar-refractivity contribution in [2.75, 3.05) is 0 Å². The third-order valence-electron chi connectivity index (χ3n) is 3.12. The van der Waals surface area contributed by atoms with Gasteiger partial charge in [0.1, 0.15) is 6.10 Å². The van der Waals surface area contributed by atoms with Crippen molar-refractivity contribution in [3.8, 4) is 0 Å². The number of esters is 1. The number of benzene rings is 1. The lowest BCUT2D eigenvalue weighted by atomic mass is 9.94. The van der Waals surface area contributed by atoms with Crippen LogP contribution in [0.1, 0.15) is 26.3 Å². The average molecular weight is 364 g/mol. The topological polar surface area (TPSA) is 35.5 Å². The number of carbonyl (C=O) groups excluding carboxylic acids is 1. The zero-order valence-corrected chi connectivity index (χ0v) is 14.7. The summed E-state index contributed by atoms with van der Waals surface area (Å²) in [6.07, 6.45) is -0.162. The van der Waals surface area contributed by atoms with Gasteiger partial charge in [-0.1, -0.05) is 85.9 Å². The monoisotopic (exact) mass is 362 g/mol. The van der Waals surface area contributed by atoms with Crippen LogP contribution in [0, 0.1) is 5.41 Å². The van der Waals surface area contributed by atoms with E-state index >= 15 is 0 Å². The highest BCUT2D eigenvalue weighted by Crippen LogP contribution is 2.42. The standard InChI is InChI=1S/C16H17Cl3O3/c1-15(2,3)14-21-12(16(17,18)19)11(13(20)22-14)9-10-7-5-4-6-8-10/h4-9,12,14H,1-3H3/b11-9-. The molecule has 0 radical (unpaired) electrons. The van der Waals surface area contributed by atoms with Gasteiger partial charge < -0.3 is 9.47 Å². The van der Waals surface area contributed by atoms with Gasteiger partial charge in [-0.25, -0.2) is 4.79 Å². The second-order valence-electron chi connectivity index (χ2n) is 6.17. The van der Waals surface area contributed by atoms with Crippen molar-refractivity contribution in [3.63, 3.8) is 0 Å². The number of halogens is 3. The van der Waals surface area contributed by atoms with Crippen LogP contribution >= 0.6 is 34.8 Å². The van der Waals surface area contributed by atoms with Crippen LogP contribution in [0.4, 0.5) is 0 Å². The molecule has 6 heteroatoms. The molecule has 1 fully saturated rings. The Bertz CT molecular complexity index is 571. The maximum atomic E-state index is 12.4. The smallest absolute Gasteiger partial charge is 0.339 e. The Kier molecular flexibility index (Phi) is 5.13. The minimum Gasteiger partial charge on any atom is -0.432 e. The maximum absolute atomic E-state index is 12.4. The second-order valence-corrected chi connectivity index (χ2v) is 8.54. The third kappa shape index (κ3) is 4.17. The highest BCUT2D eigenvalue weighted by atomic mass is 35.6. The Morgan fingerprint density at radius 3 is 2.18 bits per heavy atom. The predicted octanol–water partition coefficient (Wildman–Crippen LogP) is 4.75. The molecule has 22 heavy (non-hydrogen) atoms. The molecule has 0 N–H and O–H groups in total. The fraction of sp³-hybridized carbons (Fsp3) is 0.438. The molecule has 0 saturated carbocycles. The summed E-state index contributed by atoms with van der Waals surface area (Å²) in [4.78, 5) is 12.4. The van der Waals surface area contributed by atoms with E-state index in [1.54, 1.807) is 6.08 Å². The molecule has 1 aliphatic rings. The third-order valence-corrected chi connectivity index (χ3v) is 3.71. The first-order valence-corrected chi connectivity index (χ1v) is 7.92. The first kappa shape index (κ1) is 17.6. The van der Waals surface area contributed by atoms with E-state index in [9.17, 15) is 4.79 Å². The predicted molar refractivity (Wildman–Crippen MR) is 88.9 cm³/mol. The van der Waals surface area contributed by atoms with Gasteiger partial charge in [-0.2, -0.15) is 0 Å². The SMILES string of the molecule is CC(C)(C)C1OC(=O)/C(=C\c2ccccc2)C(C(Cl)(Cl)Cl)O1. The maximum Gasteiger partial charge on any atom is 0.339 e. The molecule has 2 unspecified atom stereocenters. The first-order valence-electron chi connectivity index (χ1n) is 6.79. The minimum absolute atomic E-state index is 0.187. The molecule has 2 atom stereocenters. The van der Waals surface area contributed by atoms with E-state index in [0.717, 1.165) is 5.56 Å². The molecule has 0 spiro atoms. The summed E-state index contributed by atoms with van der Waals surface area (Å²) >= 11 is 18.0. The molecule has 1 saturated heterocycles. The molecule has 0 aromatic heterocycles. The van der Waals surface area contributed by atoms with E-state index in [4.69, 9.17) is 44.3 Å². The van der Waals surface area contributed by atoms with Gasteiger partial charge in [0.25, 0.3) is 0 Å². The molecule has 0 amide bonds. The molecule has 1 heterocycles. The Morgan fingerprint density at radius 1 is 1.09 bits per heavy atom. The molecule has 2 rings (SSSR count). The summed E-state index contributed by atoms with van der Waals surface area (Å²) in [7, 11) is 0. The number of alkyl halides is 3. The van der Waals surface area contributed by atoms with E-state index in [1.807, 2.05) is 51.1 Å². The lowest BCUT2D eigenvalue weighted by Gasteiger charge is -2.40. The molecule has 1 aromatic carbocycles. The molecule has 120 valence electrons. The number of ether oxygens (including phenoxy) is 2. The quantitative estimate of drug-likeness (QED) is 0.410. The fourth-order valence-corrected chi connectivity index (χ4v) is 2.50. The van der Waals surface area contributed by atoms with Crippen molar-refractivity contribution in [1.29, 1.82) is 0 Å². The Labute approximate surface area is 145 Å². The molecule has 1 aromatic rings. The van der Waals surface area contributed by atoms with Gasteiger partial charge in [0.05, 0.1) is 5.57 Å². The molecule has 0 bridgehead atoms. The Balaban J connectivity index is 2.40. The van der Waals surface area contributed by atoms with Crippen molar-refractivity contribution in [2.24, 2.45) is 5.41 Å². The van der Waals surface area contributed by atoms with E-state index in [0.29, 0.717) is 0 Å². The zero-order chi connectivity index (χ0) is 16.5. The van der Waals surface area contributed by atoms with Gasteiger partial charge >= 0.3 is 5.97 Å². The van der Waals surface area contributed by atoms with Crippen molar-refractivity contribution in [2.45, 2.75) is 37.0 Å². The van der Waals surface area contributed by atoms with Gasteiger partial charge in [-0.3, -0.25) is 0 Å². The fourth-order valence-electron chi connectivity index (χ4n) is 1.99. The molecule has 3 nitrogen and oxygen atoms in total. The van der Waals surface area contributed by atoms with E-state index < -0.39 is 27.6 Å². The van der Waals surface area contributed by atoms with Gasteiger partial charge in [0, 0.05) is 5.41 Å². The second kappa shape index (κ2) is 6.40. The molecule has 0 aliphatic carbocycles. The van der Waals surface area contributed by atoms with Gasteiger partial charge in [-0.15, -0.1) is 0 Å². The Hall–Kier alpha value is -0.740. The van der Waals surface area contributed by atoms with E-state index in [-0.39, 0.29) is 5.57 Å². The summed E-state index contributed by atoms with van der Waals surface area (Å²) < 4.78 is 9.34. The van der Waals surface area contributed by atoms with Crippen molar-refractivity contribution >= 4 is 46.8 Å². The summed E-state index contributed by atoms with van der Waals surface area (Å²) in [5, 5.41) is 0. The van der Waals surface area contributed by atoms with Crippen LogP contribution in [-0.2, 0) is 14.3 Å². The number of rotatable bonds is 1.